The minimum absolute atomic E-state index is 0.0368. The Bertz CT molecular complexity index is 730. The fourth-order valence-corrected chi connectivity index (χ4v) is 2.84. The highest BCUT2D eigenvalue weighted by Gasteiger charge is 2.10. The number of amides is 1. The number of nitrogens with zero attached hydrogens (tertiary/aromatic N) is 3. The number of carbonyl (C=O) groups excluding carboxylic acids is 1. The molecule has 0 aliphatic rings. The van der Waals surface area contributed by atoms with Gasteiger partial charge in [0.1, 0.15) is 0 Å². The molecule has 0 radical (unpaired) electrons. The van der Waals surface area contributed by atoms with E-state index >= 15 is 0 Å². The van der Waals surface area contributed by atoms with Crippen LogP contribution in [0.3, 0.4) is 0 Å². The van der Waals surface area contributed by atoms with Gasteiger partial charge in [-0.15, -0.1) is 0 Å². The maximum atomic E-state index is 11.7. The van der Waals surface area contributed by atoms with Crippen LogP contribution in [-0.4, -0.2) is 15.4 Å². The zero-order chi connectivity index (χ0) is 14.7. The smallest absolute Gasteiger partial charge is 0.271 e. The van der Waals surface area contributed by atoms with E-state index in [1.807, 2.05) is 6.92 Å². The molecule has 1 heterocycles. The molecule has 6 nitrogen and oxygen atoms in total. The molecule has 0 saturated carbocycles. The summed E-state index contributed by atoms with van der Waals surface area (Å²) >= 11 is 1.36. The Balaban J connectivity index is 2.46. The standard InChI is InChI=1S/C13H15N3O3S/c1-3-4-5-12(17)14-13-15(2)10-8-9(16(18)19)6-7-11(10)20-13/h6-8H,3-5H2,1-2H3. The maximum absolute atomic E-state index is 11.7. The maximum Gasteiger partial charge on any atom is 0.271 e. The van der Waals surface area contributed by atoms with Crippen molar-refractivity contribution in [1.29, 1.82) is 0 Å². The Morgan fingerprint density at radius 1 is 1.50 bits per heavy atom. The lowest BCUT2D eigenvalue weighted by atomic mass is 10.2. The third-order valence-corrected chi connectivity index (χ3v) is 4.08. The molecular formula is C13H15N3O3S. The molecule has 0 atom stereocenters. The lowest BCUT2D eigenvalue weighted by molar-refractivity contribution is -0.384. The van der Waals surface area contributed by atoms with Crippen LogP contribution in [-0.2, 0) is 11.8 Å². The summed E-state index contributed by atoms with van der Waals surface area (Å²) < 4.78 is 2.59. The molecule has 0 aliphatic carbocycles. The minimum atomic E-state index is -0.430. The van der Waals surface area contributed by atoms with Crippen LogP contribution >= 0.6 is 11.3 Å². The number of aromatic nitrogens is 1. The number of aryl methyl sites for hydroxylation is 1. The van der Waals surface area contributed by atoms with Gasteiger partial charge in [-0.05, 0) is 12.5 Å². The fourth-order valence-electron chi connectivity index (χ4n) is 1.83. The Kier molecular flexibility index (Phi) is 4.29. The van der Waals surface area contributed by atoms with Crippen LogP contribution in [0.5, 0.6) is 0 Å². The summed E-state index contributed by atoms with van der Waals surface area (Å²) in [5, 5.41) is 10.8. The first-order chi connectivity index (χ1) is 9.52. The molecular weight excluding hydrogens is 278 g/mol. The largest absolute Gasteiger partial charge is 0.319 e. The second kappa shape index (κ2) is 5.96. The summed E-state index contributed by atoms with van der Waals surface area (Å²) in [7, 11) is 1.76. The molecule has 2 rings (SSSR count). The quantitative estimate of drug-likeness (QED) is 0.642. The average Bonchev–Trinajstić information content (AvgIpc) is 2.72. The summed E-state index contributed by atoms with van der Waals surface area (Å²) in [5.74, 6) is -0.150. The van der Waals surface area contributed by atoms with Crippen LogP contribution < -0.4 is 4.80 Å². The molecule has 1 amide bonds. The summed E-state index contributed by atoms with van der Waals surface area (Å²) in [6.45, 7) is 2.02. The van der Waals surface area contributed by atoms with E-state index < -0.39 is 4.92 Å². The molecule has 0 N–H and O–H groups in total. The third kappa shape index (κ3) is 2.93. The molecule has 1 aromatic heterocycles. The van der Waals surface area contributed by atoms with Gasteiger partial charge in [0.15, 0.2) is 4.80 Å². The lowest BCUT2D eigenvalue weighted by Gasteiger charge is -1.96. The number of fused-ring (bicyclic) bond motifs is 1. The molecule has 7 heteroatoms. The van der Waals surface area contributed by atoms with Gasteiger partial charge in [-0.1, -0.05) is 24.7 Å². The Labute approximate surface area is 119 Å². The van der Waals surface area contributed by atoms with E-state index in [-0.39, 0.29) is 11.6 Å². The zero-order valence-corrected chi connectivity index (χ0v) is 12.1. The third-order valence-electron chi connectivity index (χ3n) is 2.97. The van der Waals surface area contributed by atoms with Gasteiger partial charge in [0.25, 0.3) is 5.69 Å². The van der Waals surface area contributed by atoms with Gasteiger partial charge in [0, 0.05) is 25.6 Å². The van der Waals surface area contributed by atoms with Gasteiger partial charge in [0.05, 0.1) is 15.1 Å². The van der Waals surface area contributed by atoms with Crippen molar-refractivity contribution in [1.82, 2.24) is 4.57 Å². The van der Waals surface area contributed by atoms with Gasteiger partial charge in [-0.25, -0.2) is 0 Å². The SMILES string of the molecule is CCCCC(=O)N=c1sc2ccc([N+](=O)[O-])cc2n1C. The van der Waals surface area contributed by atoms with E-state index in [4.69, 9.17) is 0 Å². The van der Waals surface area contributed by atoms with E-state index in [9.17, 15) is 14.9 Å². The number of thiazole rings is 1. The van der Waals surface area contributed by atoms with Crippen LogP contribution in [0.2, 0.25) is 0 Å². The van der Waals surface area contributed by atoms with Crippen molar-refractivity contribution in [2.24, 2.45) is 12.0 Å². The summed E-state index contributed by atoms with van der Waals surface area (Å²) in [4.78, 5) is 26.7. The van der Waals surface area contributed by atoms with Crippen LogP contribution in [0.15, 0.2) is 23.2 Å². The van der Waals surface area contributed by atoms with E-state index in [0.29, 0.717) is 16.7 Å². The minimum Gasteiger partial charge on any atom is -0.319 e. The number of benzene rings is 1. The Morgan fingerprint density at radius 3 is 2.90 bits per heavy atom. The predicted octanol–water partition coefficient (Wildman–Crippen LogP) is 2.77. The van der Waals surface area contributed by atoms with Gasteiger partial charge < -0.3 is 4.57 Å². The van der Waals surface area contributed by atoms with Crippen molar-refractivity contribution < 1.29 is 9.72 Å². The molecule has 2 aromatic rings. The summed E-state index contributed by atoms with van der Waals surface area (Å²) in [6.07, 6.45) is 2.21. The molecule has 0 fully saturated rings. The summed E-state index contributed by atoms with van der Waals surface area (Å²) in [5.41, 5.74) is 0.751. The van der Waals surface area contributed by atoms with Crippen LogP contribution in [0, 0.1) is 10.1 Å². The summed E-state index contributed by atoms with van der Waals surface area (Å²) in [6, 6.07) is 4.65. The van der Waals surface area contributed by atoms with E-state index in [2.05, 4.69) is 4.99 Å². The predicted molar refractivity (Wildman–Crippen MR) is 77.5 cm³/mol. The van der Waals surface area contributed by atoms with E-state index in [1.54, 1.807) is 17.7 Å². The molecule has 0 saturated heterocycles. The van der Waals surface area contributed by atoms with Crippen molar-refractivity contribution in [3.05, 3.63) is 33.1 Å². The molecule has 0 bridgehead atoms. The molecule has 20 heavy (non-hydrogen) atoms. The van der Waals surface area contributed by atoms with Crippen LogP contribution in [0.25, 0.3) is 10.2 Å². The van der Waals surface area contributed by atoms with Crippen molar-refractivity contribution in [2.45, 2.75) is 26.2 Å². The van der Waals surface area contributed by atoms with Gasteiger partial charge in [-0.2, -0.15) is 4.99 Å². The van der Waals surface area contributed by atoms with Crippen molar-refractivity contribution in [2.75, 3.05) is 0 Å². The Morgan fingerprint density at radius 2 is 2.25 bits per heavy atom. The van der Waals surface area contributed by atoms with E-state index in [1.165, 1.54) is 23.5 Å². The highest BCUT2D eigenvalue weighted by atomic mass is 32.1. The van der Waals surface area contributed by atoms with Gasteiger partial charge in [-0.3, -0.25) is 14.9 Å². The lowest BCUT2D eigenvalue weighted by Crippen LogP contribution is -2.13. The highest BCUT2D eigenvalue weighted by molar-refractivity contribution is 7.16. The first-order valence-corrected chi connectivity index (χ1v) is 7.16. The normalized spacial score (nSPS) is 12.0. The van der Waals surface area contributed by atoms with Crippen molar-refractivity contribution in [3.8, 4) is 0 Å². The average molecular weight is 293 g/mol. The molecule has 1 aromatic carbocycles. The van der Waals surface area contributed by atoms with Gasteiger partial charge in [0.2, 0.25) is 5.91 Å². The van der Waals surface area contributed by atoms with E-state index in [0.717, 1.165) is 17.5 Å². The topological polar surface area (TPSA) is 77.5 Å². The van der Waals surface area contributed by atoms with Crippen LogP contribution in [0.1, 0.15) is 26.2 Å². The highest BCUT2D eigenvalue weighted by Crippen LogP contribution is 2.22. The fraction of sp³-hybridized carbons (Fsp3) is 0.385. The first-order valence-electron chi connectivity index (χ1n) is 6.34. The van der Waals surface area contributed by atoms with Crippen molar-refractivity contribution >= 4 is 33.1 Å². The number of nitro benzene ring substituents is 1. The Hall–Kier alpha value is -2.02. The number of hydrogen-bond donors (Lipinski definition) is 0. The number of unbranched alkanes of at least 4 members (excludes halogenated alkanes) is 1. The second-order valence-electron chi connectivity index (χ2n) is 4.46. The monoisotopic (exact) mass is 293 g/mol. The van der Waals surface area contributed by atoms with Crippen molar-refractivity contribution in [3.63, 3.8) is 0 Å². The first kappa shape index (κ1) is 14.4. The molecule has 0 aliphatic heterocycles. The van der Waals surface area contributed by atoms with Crippen LogP contribution in [0.4, 0.5) is 5.69 Å². The molecule has 0 spiro atoms. The molecule has 0 unspecified atom stereocenters. The van der Waals surface area contributed by atoms with Gasteiger partial charge >= 0.3 is 0 Å². The zero-order valence-electron chi connectivity index (χ0n) is 11.3. The molecule has 106 valence electrons. The number of hydrogen-bond acceptors (Lipinski definition) is 4. The second-order valence-corrected chi connectivity index (χ2v) is 5.47. The number of carbonyl (C=O) groups is 1. The number of non-ortho nitro benzene ring substituents is 1. The number of rotatable bonds is 4. The number of nitro groups is 1.